The van der Waals surface area contributed by atoms with Crippen molar-refractivity contribution < 1.29 is 28.8 Å². The van der Waals surface area contributed by atoms with Crippen molar-refractivity contribution in [3.05, 3.63) is 23.8 Å². The lowest BCUT2D eigenvalue weighted by Crippen LogP contribution is -2.02. The summed E-state index contributed by atoms with van der Waals surface area (Å²) in [4.78, 5) is 11.7. The van der Waals surface area contributed by atoms with Crippen molar-refractivity contribution in [3.8, 4) is 23.0 Å². The molecular weight excluding hydrogens is 276 g/mol. The molecule has 21 heavy (non-hydrogen) atoms. The smallest absolute Gasteiger partial charge is 0.338 e. The first-order valence-electron chi connectivity index (χ1n) is 6.11. The molecule has 1 N–H and O–H groups in total. The Labute approximate surface area is 121 Å². The number of aromatic hydroxyl groups is 1. The van der Waals surface area contributed by atoms with Crippen LogP contribution in [0.5, 0.6) is 23.0 Å². The quantitative estimate of drug-likeness (QED) is 0.872. The molecule has 0 saturated carbocycles. The third-order valence-electron chi connectivity index (χ3n) is 3.16. The first-order chi connectivity index (χ1) is 10.1. The van der Waals surface area contributed by atoms with Gasteiger partial charge in [0, 0.05) is 0 Å². The Kier molecular flexibility index (Phi) is 4.07. The fourth-order valence-electron chi connectivity index (χ4n) is 2.19. The van der Waals surface area contributed by atoms with Gasteiger partial charge in [0.25, 0.3) is 0 Å². The summed E-state index contributed by atoms with van der Waals surface area (Å²) in [6.07, 6.45) is 0. The number of esters is 1. The van der Waals surface area contributed by atoms with Gasteiger partial charge in [-0.3, -0.25) is 0 Å². The molecule has 2 rings (SSSR count). The zero-order valence-corrected chi connectivity index (χ0v) is 12.2. The van der Waals surface area contributed by atoms with Gasteiger partial charge in [-0.05, 0) is 23.6 Å². The van der Waals surface area contributed by atoms with Crippen molar-refractivity contribution in [2.75, 3.05) is 28.4 Å². The third-order valence-corrected chi connectivity index (χ3v) is 3.16. The maximum Gasteiger partial charge on any atom is 0.338 e. The van der Waals surface area contributed by atoms with Crippen LogP contribution in [0.3, 0.4) is 0 Å². The second kappa shape index (κ2) is 5.78. The minimum absolute atomic E-state index is 0.111. The number of hydrogen-bond donors (Lipinski definition) is 1. The van der Waals surface area contributed by atoms with Gasteiger partial charge in [0.2, 0.25) is 5.75 Å². The van der Waals surface area contributed by atoms with Gasteiger partial charge in [-0.25, -0.2) is 4.79 Å². The van der Waals surface area contributed by atoms with Crippen LogP contribution in [0.15, 0.2) is 18.2 Å². The molecule has 0 radical (unpaired) electrons. The van der Waals surface area contributed by atoms with Crippen molar-refractivity contribution in [2.45, 2.75) is 0 Å². The van der Waals surface area contributed by atoms with Crippen LogP contribution in [0, 0.1) is 0 Å². The predicted octanol–water partition coefficient (Wildman–Crippen LogP) is 2.36. The van der Waals surface area contributed by atoms with Gasteiger partial charge in [-0.2, -0.15) is 0 Å². The Hall–Kier alpha value is -2.63. The van der Waals surface area contributed by atoms with Crippen LogP contribution in [0.4, 0.5) is 0 Å². The van der Waals surface area contributed by atoms with Gasteiger partial charge in [-0.15, -0.1) is 0 Å². The summed E-state index contributed by atoms with van der Waals surface area (Å²) in [5, 5.41) is 11.4. The first kappa shape index (κ1) is 14.8. The summed E-state index contributed by atoms with van der Waals surface area (Å²) < 4.78 is 20.3. The second-order valence-electron chi connectivity index (χ2n) is 4.23. The topological polar surface area (TPSA) is 74.2 Å². The van der Waals surface area contributed by atoms with Crippen molar-refractivity contribution in [3.63, 3.8) is 0 Å². The maximum atomic E-state index is 11.7. The van der Waals surface area contributed by atoms with Crippen LogP contribution >= 0.6 is 0 Å². The Balaban J connectivity index is 2.85. The van der Waals surface area contributed by atoms with Crippen LogP contribution in [-0.4, -0.2) is 39.5 Å². The van der Waals surface area contributed by atoms with E-state index in [1.807, 2.05) is 0 Å². The fourth-order valence-corrected chi connectivity index (χ4v) is 2.19. The Bertz CT molecular complexity index is 692. The number of fused-ring (bicyclic) bond motifs is 1. The van der Waals surface area contributed by atoms with Crippen LogP contribution < -0.4 is 14.2 Å². The van der Waals surface area contributed by atoms with E-state index >= 15 is 0 Å². The molecule has 0 heterocycles. The van der Waals surface area contributed by atoms with Gasteiger partial charge in [0.1, 0.15) is 5.75 Å². The summed E-state index contributed by atoms with van der Waals surface area (Å²) in [5.41, 5.74) is 0.313. The van der Waals surface area contributed by atoms with Crippen LogP contribution in [-0.2, 0) is 4.74 Å². The molecule has 2 aromatic carbocycles. The lowest BCUT2D eigenvalue weighted by molar-refractivity contribution is 0.0600. The number of phenols is 1. The number of benzene rings is 2. The standard InChI is InChI=1S/C15H16O6/c1-18-10-7-9(15(17)21-4)5-8-6-11(19-2)14(20-3)13(16)12(8)10/h5-7,16H,1-4H3. The Morgan fingerprint density at radius 2 is 1.62 bits per heavy atom. The molecular formula is C15H16O6. The van der Waals surface area contributed by atoms with E-state index in [0.29, 0.717) is 27.8 Å². The molecule has 2 aromatic rings. The molecule has 112 valence electrons. The largest absolute Gasteiger partial charge is 0.504 e. The number of phenolic OH excluding ortho intramolecular Hbond substituents is 1. The molecule has 0 aromatic heterocycles. The molecule has 0 bridgehead atoms. The van der Waals surface area contributed by atoms with E-state index in [1.54, 1.807) is 12.1 Å². The molecule has 0 aliphatic carbocycles. The minimum atomic E-state index is -0.496. The zero-order valence-electron chi connectivity index (χ0n) is 12.2. The zero-order chi connectivity index (χ0) is 15.6. The van der Waals surface area contributed by atoms with Gasteiger partial charge < -0.3 is 24.1 Å². The van der Waals surface area contributed by atoms with Crippen molar-refractivity contribution >= 4 is 16.7 Å². The number of hydrogen-bond acceptors (Lipinski definition) is 6. The third kappa shape index (κ3) is 2.40. The lowest BCUT2D eigenvalue weighted by Gasteiger charge is -2.15. The summed E-state index contributed by atoms with van der Waals surface area (Å²) in [7, 11) is 5.64. The number of rotatable bonds is 4. The minimum Gasteiger partial charge on any atom is -0.504 e. The van der Waals surface area contributed by atoms with Gasteiger partial charge in [-0.1, -0.05) is 0 Å². The van der Waals surface area contributed by atoms with Crippen LogP contribution in [0.25, 0.3) is 10.8 Å². The summed E-state index contributed by atoms with van der Waals surface area (Å²) in [6, 6.07) is 4.74. The van der Waals surface area contributed by atoms with Crippen LogP contribution in [0.1, 0.15) is 10.4 Å². The van der Waals surface area contributed by atoms with E-state index in [1.165, 1.54) is 34.5 Å². The molecule has 0 amide bonds. The fraction of sp³-hybridized carbons (Fsp3) is 0.267. The molecule has 6 nitrogen and oxygen atoms in total. The summed E-state index contributed by atoms with van der Waals surface area (Å²) >= 11 is 0. The van der Waals surface area contributed by atoms with Gasteiger partial charge in [0.15, 0.2) is 11.5 Å². The number of carbonyl (C=O) groups is 1. The summed E-state index contributed by atoms with van der Waals surface area (Å²) in [6.45, 7) is 0. The average Bonchev–Trinajstić information content (AvgIpc) is 2.52. The number of methoxy groups -OCH3 is 4. The van der Waals surface area contributed by atoms with E-state index in [-0.39, 0.29) is 11.5 Å². The van der Waals surface area contributed by atoms with Crippen molar-refractivity contribution in [2.24, 2.45) is 0 Å². The molecule has 0 unspecified atom stereocenters. The normalized spacial score (nSPS) is 10.3. The average molecular weight is 292 g/mol. The SMILES string of the molecule is COC(=O)c1cc(OC)c2c(O)c(OC)c(OC)cc2c1. The number of ether oxygens (including phenoxy) is 4. The van der Waals surface area contributed by atoms with Crippen LogP contribution in [0.2, 0.25) is 0 Å². The monoisotopic (exact) mass is 292 g/mol. The molecule has 0 atom stereocenters. The van der Waals surface area contributed by atoms with E-state index in [0.717, 1.165) is 0 Å². The second-order valence-corrected chi connectivity index (χ2v) is 4.23. The van der Waals surface area contributed by atoms with Crippen molar-refractivity contribution in [1.82, 2.24) is 0 Å². The van der Waals surface area contributed by atoms with E-state index < -0.39 is 5.97 Å². The Morgan fingerprint density at radius 1 is 0.952 bits per heavy atom. The van der Waals surface area contributed by atoms with E-state index in [2.05, 4.69) is 0 Å². The number of carbonyl (C=O) groups excluding carboxylic acids is 1. The molecule has 0 spiro atoms. The van der Waals surface area contributed by atoms with Gasteiger partial charge >= 0.3 is 5.97 Å². The molecule has 0 fully saturated rings. The van der Waals surface area contributed by atoms with E-state index in [9.17, 15) is 9.90 Å². The molecule has 0 aliphatic rings. The summed E-state index contributed by atoms with van der Waals surface area (Å²) in [5.74, 6) is 0.289. The molecule has 6 heteroatoms. The van der Waals surface area contributed by atoms with E-state index in [4.69, 9.17) is 18.9 Å². The first-order valence-corrected chi connectivity index (χ1v) is 6.11. The highest BCUT2D eigenvalue weighted by Gasteiger charge is 2.20. The van der Waals surface area contributed by atoms with Crippen molar-refractivity contribution in [1.29, 1.82) is 0 Å². The lowest BCUT2D eigenvalue weighted by atomic mass is 10.0. The van der Waals surface area contributed by atoms with Gasteiger partial charge in [0.05, 0.1) is 39.4 Å². The maximum absolute atomic E-state index is 11.7. The predicted molar refractivity (Wildman–Crippen MR) is 76.6 cm³/mol. The highest BCUT2D eigenvalue weighted by molar-refractivity contribution is 6.02. The Morgan fingerprint density at radius 3 is 2.14 bits per heavy atom. The molecule has 0 aliphatic heterocycles. The highest BCUT2D eigenvalue weighted by Crippen LogP contribution is 2.46. The molecule has 0 saturated heterocycles. The highest BCUT2D eigenvalue weighted by atomic mass is 16.5.